The summed E-state index contributed by atoms with van der Waals surface area (Å²) in [6, 6.07) is 9.47. The van der Waals surface area contributed by atoms with E-state index in [2.05, 4.69) is 5.32 Å². The van der Waals surface area contributed by atoms with Crippen LogP contribution >= 0.6 is 0 Å². The van der Waals surface area contributed by atoms with Crippen LogP contribution in [0, 0.1) is 30.9 Å². The zero-order valence-electron chi connectivity index (χ0n) is 17.1. The summed E-state index contributed by atoms with van der Waals surface area (Å²) in [5.41, 5.74) is 3.43. The number of nitro benzene ring substituents is 1. The smallest absolute Gasteiger partial charge is 0.271 e. The number of hydrogen-bond donors (Lipinski definition) is 1. The van der Waals surface area contributed by atoms with Crippen LogP contribution in [0.15, 0.2) is 36.4 Å². The predicted molar refractivity (Wildman–Crippen MR) is 112 cm³/mol. The fourth-order valence-electron chi connectivity index (χ4n) is 3.17. The summed E-state index contributed by atoms with van der Waals surface area (Å²) < 4.78 is 25.5. The van der Waals surface area contributed by atoms with Crippen molar-refractivity contribution in [3.05, 3.63) is 68.8 Å². The molecule has 2 aromatic rings. The topological polar surface area (TPSA) is 110 Å². The highest BCUT2D eigenvalue weighted by atomic mass is 32.2. The van der Waals surface area contributed by atoms with Crippen LogP contribution in [0.2, 0.25) is 0 Å². The number of aryl methyl sites for hydroxylation is 3. The average molecular weight is 420 g/mol. The molecule has 156 valence electrons. The van der Waals surface area contributed by atoms with Crippen molar-refractivity contribution >= 4 is 27.3 Å². The third-order valence-corrected chi connectivity index (χ3v) is 5.76. The molecule has 0 bridgehead atoms. The van der Waals surface area contributed by atoms with Crippen molar-refractivity contribution in [3.63, 3.8) is 0 Å². The Bertz CT molecular complexity index is 1050. The number of anilines is 1. The minimum absolute atomic E-state index is 0.107. The normalized spacial score (nSPS) is 12.3. The number of carbonyl (C=O) groups is 1. The van der Waals surface area contributed by atoms with E-state index in [1.54, 1.807) is 6.92 Å². The largest absolute Gasteiger partial charge is 0.348 e. The van der Waals surface area contributed by atoms with E-state index in [9.17, 15) is 23.3 Å². The number of sulfonamides is 1. The van der Waals surface area contributed by atoms with Gasteiger partial charge in [-0.3, -0.25) is 19.2 Å². The van der Waals surface area contributed by atoms with Gasteiger partial charge in [0.25, 0.3) is 5.69 Å². The maximum absolute atomic E-state index is 12.6. The van der Waals surface area contributed by atoms with Crippen molar-refractivity contribution in [2.75, 3.05) is 17.1 Å². The molecule has 29 heavy (non-hydrogen) atoms. The molecule has 0 radical (unpaired) electrons. The summed E-state index contributed by atoms with van der Waals surface area (Å²) in [4.78, 5) is 23.1. The molecule has 1 N–H and O–H groups in total. The number of rotatable bonds is 7. The molecule has 1 atom stereocenters. The zero-order valence-corrected chi connectivity index (χ0v) is 17.9. The number of nitro groups is 1. The van der Waals surface area contributed by atoms with Crippen molar-refractivity contribution < 1.29 is 18.1 Å². The van der Waals surface area contributed by atoms with Gasteiger partial charge >= 0.3 is 0 Å². The Labute approximate surface area is 170 Å². The molecular weight excluding hydrogens is 394 g/mol. The lowest BCUT2D eigenvalue weighted by Crippen LogP contribution is -2.41. The lowest BCUT2D eigenvalue weighted by atomic mass is 10.0. The molecule has 9 heteroatoms. The standard InChI is InChI=1S/C20H25N3O5S/c1-13-6-9-18(15(3)10-13)16(4)21-20(24)12-22(29(5,27)28)19-11-17(23(25)26)8-7-14(19)2/h6-11,16H,12H2,1-5H3,(H,21,24)/t16-/m1/s1. The molecule has 0 aliphatic heterocycles. The van der Waals surface area contributed by atoms with Crippen LogP contribution in [0.1, 0.15) is 35.2 Å². The predicted octanol–water partition coefficient (Wildman–Crippen LogP) is 3.16. The van der Waals surface area contributed by atoms with Gasteiger partial charge in [0.1, 0.15) is 6.54 Å². The Hall–Kier alpha value is -2.94. The molecule has 0 heterocycles. The highest BCUT2D eigenvalue weighted by Crippen LogP contribution is 2.27. The molecule has 0 aliphatic rings. The van der Waals surface area contributed by atoms with Gasteiger partial charge in [-0.2, -0.15) is 0 Å². The minimum Gasteiger partial charge on any atom is -0.348 e. The van der Waals surface area contributed by atoms with E-state index in [0.29, 0.717) is 5.56 Å². The van der Waals surface area contributed by atoms with E-state index in [1.165, 1.54) is 12.1 Å². The number of non-ortho nitro benzene ring substituents is 1. The maximum Gasteiger partial charge on any atom is 0.271 e. The van der Waals surface area contributed by atoms with Gasteiger partial charge in [-0.05, 0) is 44.4 Å². The van der Waals surface area contributed by atoms with Crippen LogP contribution in [-0.2, 0) is 14.8 Å². The number of benzene rings is 2. The summed E-state index contributed by atoms with van der Waals surface area (Å²) in [5.74, 6) is -0.506. The van der Waals surface area contributed by atoms with Crippen molar-refractivity contribution in [2.45, 2.75) is 33.7 Å². The quantitative estimate of drug-likeness (QED) is 0.548. The van der Waals surface area contributed by atoms with E-state index in [0.717, 1.165) is 33.3 Å². The van der Waals surface area contributed by atoms with Crippen LogP contribution in [0.5, 0.6) is 0 Å². The number of nitrogens with zero attached hydrogens (tertiary/aromatic N) is 2. The van der Waals surface area contributed by atoms with Crippen LogP contribution in [0.4, 0.5) is 11.4 Å². The Balaban J connectivity index is 2.28. The summed E-state index contributed by atoms with van der Waals surface area (Å²) in [6.07, 6.45) is 0.964. The van der Waals surface area contributed by atoms with Gasteiger partial charge in [0.2, 0.25) is 15.9 Å². The van der Waals surface area contributed by atoms with Gasteiger partial charge in [-0.15, -0.1) is 0 Å². The molecule has 8 nitrogen and oxygen atoms in total. The van der Waals surface area contributed by atoms with Crippen molar-refractivity contribution in [3.8, 4) is 0 Å². The third kappa shape index (κ3) is 5.54. The van der Waals surface area contributed by atoms with Gasteiger partial charge in [-0.25, -0.2) is 8.42 Å². The molecule has 2 aromatic carbocycles. The summed E-state index contributed by atoms with van der Waals surface area (Å²) in [5, 5.41) is 13.9. The highest BCUT2D eigenvalue weighted by molar-refractivity contribution is 7.92. The Morgan fingerprint density at radius 1 is 1.14 bits per heavy atom. The summed E-state index contributed by atoms with van der Waals surface area (Å²) in [7, 11) is -3.84. The average Bonchev–Trinajstić information content (AvgIpc) is 2.59. The number of nitrogens with one attached hydrogen (secondary N) is 1. The van der Waals surface area contributed by atoms with Crippen molar-refractivity contribution in [1.29, 1.82) is 0 Å². The molecule has 2 rings (SSSR count). The zero-order chi connectivity index (χ0) is 21.9. The van der Waals surface area contributed by atoms with Gasteiger partial charge in [0.15, 0.2) is 0 Å². The molecule has 0 saturated carbocycles. The Kier molecular flexibility index (Phi) is 6.63. The fourth-order valence-corrected chi connectivity index (χ4v) is 4.07. The summed E-state index contributed by atoms with van der Waals surface area (Å²) >= 11 is 0. The SMILES string of the molecule is Cc1ccc([C@@H](C)NC(=O)CN(c2cc([N+](=O)[O-])ccc2C)S(C)(=O)=O)c(C)c1. The second-order valence-corrected chi connectivity index (χ2v) is 9.05. The van der Waals surface area contributed by atoms with E-state index in [4.69, 9.17) is 0 Å². The lowest BCUT2D eigenvalue weighted by molar-refractivity contribution is -0.384. The highest BCUT2D eigenvalue weighted by Gasteiger charge is 2.25. The van der Waals surface area contributed by atoms with Crippen LogP contribution in [0.25, 0.3) is 0 Å². The number of amides is 1. The molecule has 0 aliphatic carbocycles. The first kappa shape index (κ1) is 22.4. The van der Waals surface area contributed by atoms with Crippen LogP contribution < -0.4 is 9.62 Å². The number of carbonyl (C=O) groups excluding carboxylic acids is 1. The summed E-state index contributed by atoms with van der Waals surface area (Å²) in [6.45, 7) is 6.90. The van der Waals surface area contributed by atoms with E-state index in [1.807, 2.05) is 39.0 Å². The minimum atomic E-state index is -3.84. The third-order valence-electron chi connectivity index (χ3n) is 4.63. The van der Waals surface area contributed by atoms with E-state index >= 15 is 0 Å². The molecule has 0 unspecified atom stereocenters. The van der Waals surface area contributed by atoms with Crippen LogP contribution in [-0.4, -0.2) is 32.0 Å². The van der Waals surface area contributed by atoms with Gasteiger partial charge in [-0.1, -0.05) is 29.8 Å². The second kappa shape index (κ2) is 8.60. The lowest BCUT2D eigenvalue weighted by Gasteiger charge is -2.25. The van der Waals surface area contributed by atoms with E-state index < -0.39 is 27.4 Å². The molecule has 1 amide bonds. The monoisotopic (exact) mass is 419 g/mol. The molecule has 0 aromatic heterocycles. The first-order valence-corrected chi connectivity index (χ1v) is 10.8. The van der Waals surface area contributed by atoms with Gasteiger partial charge < -0.3 is 5.32 Å². The van der Waals surface area contributed by atoms with Crippen LogP contribution in [0.3, 0.4) is 0 Å². The molecular formula is C20H25N3O5S. The van der Waals surface area contributed by atoms with Crippen molar-refractivity contribution in [2.24, 2.45) is 0 Å². The molecule has 0 saturated heterocycles. The fraction of sp³-hybridized carbons (Fsp3) is 0.350. The number of hydrogen-bond acceptors (Lipinski definition) is 5. The maximum atomic E-state index is 12.6. The van der Waals surface area contributed by atoms with Gasteiger partial charge in [0, 0.05) is 12.1 Å². The molecule has 0 spiro atoms. The molecule has 0 fully saturated rings. The first-order valence-electron chi connectivity index (χ1n) is 8.99. The Morgan fingerprint density at radius 3 is 2.34 bits per heavy atom. The van der Waals surface area contributed by atoms with Gasteiger partial charge in [0.05, 0.1) is 22.9 Å². The second-order valence-electron chi connectivity index (χ2n) is 7.15. The Morgan fingerprint density at radius 2 is 1.79 bits per heavy atom. The van der Waals surface area contributed by atoms with E-state index in [-0.39, 0.29) is 17.4 Å². The first-order chi connectivity index (χ1) is 13.4. The van der Waals surface area contributed by atoms with Crippen molar-refractivity contribution in [1.82, 2.24) is 5.32 Å².